The van der Waals surface area contributed by atoms with Crippen molar-refractivity contribution in [3.63, 3.8) is 0 Å². The van der Waals surface area contributed by atoms with E-state index in [4.69, 9.17) is 9.26 Å². The van der Waals surface area contributed by atoms with Gasteiger partial charge in [0.15, 0.2) is 5.13 Å². The van der Waals surface area contributed by atoms with Crippen LogP contribution in [0.1, 0.15) is 21.8 Å². The molecule has 0 atom stereocenters. The van der Waals surface area contributed by atoms with Crippen LogP contribution in [0.3, 0.4) is 0 Å². The molecule has 0 aliphatic rings. The van der Waals surface area contributed by atoms with Crippen LogP contribution in [0, 0.1) is 13.8 Å². The number of ether oxygens (including phenoxy) is 1. The van der Waals surface area contributed by atoms with Crippen LogP contribution in [-0.4, -0.2) is 23.2 Å². The van der Waals surface area contributed by atoms with Crippen molar-refractivity contribution >= 4 is 32.6 Å². The summed E-state index contributed by atoms with van der Waals surface area (Å²) in [7, 11) is 1.60. The Balaban J connectivity index is 1.94. The van der Waals surface area contributed by atoms with Crippen LogP contribution < -0.4 is 10.1 Å². The lowest BCUT2D eigenvalue weighted by molar-refractivity contribution is 0.0988. The lowest BCUT2D eigenvalue weighted by Gasteiger charge is -2.01. The number of amides is 1. The quantitative estimate of drug-likeness (QED) is 0.804. The summed E-state index contributed by atoms with van der Waals surface area (Å²) in [6.07, 6.45) is 0. The van der Waals surface area contributed by atoms with Gasteiger partial charge in [0.2, 0.25) is 5.76 Å². The molecular formula is C14H13N3O3S. The molecule has 0 fully saturated rings. The number of hydrogen-bond acceptors (Lipinski definition) is 6. The highest BCUT2D eigenvalue weighted by atomic mass is 32.1. The number of aromatic nitrogens is 2. The third kappa shape index (κ3) is 2.47. The first-order valence-electron chi connectivity index (χ1n) is 6.27. The number of thiazole rings is 1. The van der Waals surface area contributed by atoms with Crippen LogP contribution in [0.2, 0.25) is 0 Å². The molecule has 1 aromatic carbocycles. The molecule has 0 spiro atoms. The van der Waals surface area contributed by atoms with Crippen molar-refractivity contribution in [1.29, 1.82) is 0 Å². The average Bonchev–Trinajstić information content (AvgIpc) is 3.06. The van der Waals surface area contributed by atoms with Gasteiger partial charge in [-0.3, -0.25) is 10.1 Å². The second-order valence-corrected chi connectivity index (χ2v) is 5.57. The molecule has 6 nitrogen and oxygen atoms in total. The Labute approximate surface area is 124 Å². The van der Waals surface area contributed by atoms with Gasteiger partial charge >= 0.3 is 0 Å². The molecule has 3 rings (SSSR count). The molecule has 0 aliphatic heterocycles. The first-order valence-corrected chi connectivity index (χ1v) is 7.09. The minimum atomic E-state index is -0.369. The summed E-state index contributed by atoms with van der Waals surface area (Å²) < 4.78 is 11.2. The maximum Gasteiger partial charge on any atom is 0.296 e. The smallest absolute Gasteiger partial charge is 0.296 e. The summed E-state index contributed by atoms with van der Waals surface area (Å²) in [5.74, 6) is 0.476. The van der Waals surface area contributed by atoms with E-state index in [1.807, 2.05) is 19.1 Å². The van der Waals surface area contributed by atoms with Crippen LogP contribution in [0.25, 0.3) is 10.2 Å². The molecule has 0 bridgehead atoms. The van der Waals surface area contributed by atoms with Gasteiger partial charge in [-0.25, -0.2) is 4.98 Å². The van der Waals surface area contributed by atoms with Crippen molar-refractivity contribution in [2.75, 3.05) is 12.4 Å². The van der Waals surface area contributed by atoms with Gasteiger partial charge in [-0.15, -0.1) is 0 Å². The Hall–Kier alpha value is -2.41. The number of hydrogen-bond donors (Lipinski definition) is 1. The first kappa shape index (κ1) is 13.6. The minimum Gasteiger partial charge on any atom is -0.494 e. The molecule has 7 heteroatoms. The van der Waals surface area contributed by atoms with Crippen molar-refractivity contribution in [2.24, 2.45) is 0 Å². The number of fused-ring (bicyclic) bond motifs is 1. The fraction of sp³-hybridized carbons (Fsp3) is 0.214. The molecule has 0 saturated carbocycles. The maximum atomic E-state index is 12.0. The summed E-state index contributed by atoms with van der Waals surface area (Å²) in [5.41, 5.74) is 2.48. The largest absolute Gasteiger partial charge is 0.494 e. The summed E-state index contributed by atoms with van der Waals surface area (Å²) >= 11 is 1.40. The topological polar surface area (TPSA) is 77.2 Å². The zero-order chi connectivity index (χ0) is 15.0. The number of nitrogens with one attached hydrogen (secondary N) is 1. The van der Waals surface area contributed by atoms with E-state index in [-0.39, 0.29) is 11.7 Å². The number of carbonyl (C=O) groups is 1. The normalized spacial score (nSPS) is 10.8. The predicted molar refractivity (Wildman–Crippen MR) is 80.1 cm³/mol. The second kappa shape index (κ2) is 5.17. The third-order valence-electron chi connectivity index (χ3n) is 3.00. The molecule has 0 saturated heterocycles. The highest BCUT2D eigenvalue weighted by Gasteiger charge is 2.16. The molecule has 21 heavy (non-hydrogen) atoms. The lowest BCUT2D eigenvalue weighted by atomic mass is 10.2. The lowest BCUT2D eigenvalue weighted by Crippen LogP contribution is -2.10. The van der Waals surface area contributed by atoms with Crippen molar-refractivity contribution in [1.82, 2.24) is 10.1 Å². The number of aryl methyl sites for hydroxylation is 2. The number of rotatable bonds is 3. The molecular weight excluding hydrogens is 290 g/mol. The van der Waals surface area contributed by atoms with Gasteiger partial charge in [0, 0.05) is 6.07 Å². The van der Waals surface area contributed by atoms with Crippen molar-refractivity contribution < 1.29 is 14.1 Å². The molecule has 1 N–H and O–H groups in total. The van der Waals surface area contributed by atoms with Crippen molar-refractivity contribution in [3.05, 3.63) is 35.2 Å². The third-order valence-corrected chi connectivity index (χ3v) is 4.10. The molecule has 2 heterocycles. The standard InChI is InChI=1S/C14H13N3O3S/c1-7-4-5-9(19-3)11-12(7)21-14(15-11)16-13(18)10-6-8(2)17-20-10/h4-6H,1-3H3,(H,15,16,18). The van der Waals surface area contributed by atoms with Crippen LogP contribution in [0.5, 0.6) is 5.75 Å². The Morgan fingerprint density at radius 2 is 2.19 bits per heavy atom. The molecule has 0 aliphatic carbocycles. The number of anilines is 1. The van der Waals surface area contributed by atoms with Gasteiger partial charge in [-0.2, -0.15) is 0 Å². The predicted octanol–water partition coefficient (Wildman–Crippen LogP) is 3.16. The van der Waals surface area contributed by atoms with E-state index in [1.165, 1.54) is 11.3 Å². The molecule has 2 aromatic heterocycles. The Kier molecular flexibility index (Phi) is 3.34. The number of nitrogens with zero attached hydrogens (tertiary/aromatic N) is 2. The highest BCUT2D eigenvalue weighted by molar-refractivity contribution is 7.22. The Bertz CT molecular complexity index is 822. The second-order valence-electron chi connectivity index (χ2n) is 4.57. The molecule has 1 amide bonds. The number of benzene rings is 1. The average molecular weight is 303 g/mol. The summed E-state index contributed by atoms with van der Waals surface area (Å²) in [6, 6.07) is 5.40. The molecule has 0 unspecified atom stereocenters. The fourth-order valence-corrected chi connectivity index (χ4v) is 2.90. The minimum absolute atomic E-state index is 0.162. The van der Waals surface area contributed by atoms with E-state index in [9.17, 15) is 4.79 Å². The SMILES string of the molecule is COc1ccc(C)c2sc(NC(=O)c3cc(C)no3)nc12. The fourth-order valence-electron chi connectivity index (χ4n) is 1.96. The van der Waals surface area contributed by atoms with Crippen LogP contribution >= 0.6 is 11.3 Å². The van der Waals surface area contributed by atoms with Gasteiger partial charge in [-0.05, 0) is 25.5 Å². The van der Waals surface area contributed by atoms with Crippen LogP contribution in [0.4, 0.5) is 5.13 Å². The zero-order valence-electron chi connectivity index (χ0n) is 11.8. The van der Waals surface area contributed by atoms with Gasteiger partial charge in [0.1, 0.15) is 11.3 Å². The molecule has 3 aromatic rings. The Morgan fingerprint density at radius 1 is 1.38 bits per heavy atom. The first-order chi connectivity index (χ1) is 10.1. The van der Waals surface area contributed by atoms with Gasteiger partial charge in [-0.1, -0.05) is 22.6 Å². The maximum absolute atomic E-state index is 12.0. The van der Waals surface area contributed by atoms with Gasteiger partial charge < -0.3 is 9.26 Å². The highest BCUT2D eigenvalue weighted by Crippen LogP contribution is 2.34. The van der Waals surface area contributed by atoms with Gasteiger partial charge in [0.05, 0.1) is 17.5 Å². The zero-order valence-corrected chi connectivity index (χ0v) is 12.6. The van der Waals surface area contributed by atoms with E-state index in [0.717, 1.165) is 15.8 Å². The number of carbonyl (C=O) groups excluding carboxylic acids is 1. The Morgan fingerprint density at radius 3 is 2.86 bits per heavy atom. The summed E-state index contributed by atoms with van der Waals surface area (Å²) in [4.78, 5) is 16.5. The molecule has 0 radical (unpaired) electrons. The van der Waals surface area contributed by atoms with E-state index >= 15 is 0 Å². The summed E-state index contributed by atoms with van der Waals surface area (Å²) in [6.45, 7) is 3.75. The van der Waals surface area contributed by atoms with Gasteiger partial charge in [0.25, 0.3) is 5.91 Å². The van der Waals surface area contributed by atoms with E-state index in [2.05, 4.69) is 15.5 Å². The van der Waals surface area contributed by atoms with Crippen LogP contribution in [-0.2, 0) is 0 Å². The monoisotopic (exact) mass is 303 g/mol. The van der Waals surface area contributed by atoms with Crippen molar-refractivity contribution in [3.8, 4) is 5.75 Å². The summed E-state index contributed by atoms with van der Waals surface area (Å²) in [5, 5.41) is 6.91. The van der Waals surface area contributed by atoms with Crippen LogP contribution in [0.15, 0.2) is 22.7 Å². The molecule has 108 valence electrons. The van der Waals surface area contributed by atoms with Crippen molar-refractivity contribution in [2.45, 2.75) is 13.8 Å². The van der Waals surface area contributed by atoms with E-state index < -0.39 is 0 Å². The number of methoxy groups -OCH3 is 1. The van der Waals surface area contributed by atoms with E-state index in [0.29, 0.717) is 16.6 Å². The van der Waals surface area contributed by atoms with E-state index in [1.54, 1.807) is 20.1 Å².